The normalized spacial score (nSPS) is 10.7. The van der Waals surface area contributed by atoms with Crippen molar-refractivity contribution < 1.29 is 5.11 Å². The van der Waals surface area contributed by atoms with Crippen LogP contribution in [0.5, 0.6) is 5.75 Å². The summed E-state index contributed by atoms with van der Waals surface area (Å²) in [5.74, 6) is 0.318. The molecule has 1 aromatic rings. The van der Waals surface area contributed by atoms with Crippen molar-refractivity contribution in [2.24, 2.45) is 5.73 Å². The van der Waals surface area contributed by atoms with Crippen molar-refractivity contribution in [2.45, 2.75) is 6.54 Å². The first-order valence-electron chi connectivity index (χ1n) is 4.39. The van der Waals surface area contributed by atoms with E-state index in [2.05, 4.69) is 4.90 Å². The van der Waals surface area contributed by atoms with Gasteiger partial charge in [0.05, 0.1) is 0 Å². The molecule has 0 saturated heterocycles. The van der Waals surface area contributed by atoms with E-state index in [0.29, 0.717) is 12.3 Å². The number of benzene rings is 1. The lowest BCUT2D eigenvalue weighted by atomic mass is 10.2. The minimum atomic E-state index is 0.318. The first-order chi connectivity index (χ1) is 6.22. The summed E-state index contributed by atoms with van der Waals surface area (Å²) in [6, 6.07) is 7.28. The third-order valence-electron chi connectivity index (χ3n) is 1.87. The summed E-state index contributed by atoms with van der Waals surface area (Å²) < 4.78 is 0. The molecule has 1 rings (SSSR count). The van der Waals surface area contributed by atoms with E-state index in [9.17, 15) is 5.11 Å². The average Bonchev–Trinajstić information content (AvgIpc) is 2.04. The quantitative estimate of drug-likeness (QED) is 0.720. The fourth-order valence-corrected chi connectivity index (χ4v) is 1.27. The van der Waals surface area contributed by atoms with Gasteiger partial charge in [0.25, 0.3) is 0 Å². The molecule has 0 amide bonds. The molecule has 0 aliphatic rings. The minimum absolute atomic E-state index is 0.318. The largest absolute Gasteiger partial charge is 0.508 e. The zero-order chi connectivity index (χ0) is 9.68. The monoisotopic (exact) mass is 180 g/mol. The Morgan fingerprint density at radius 1 is 1.46 bits per heavy atom. The molecule has 0 fully saturated rings. The minimum Gasteiger partial charge on any atom is -0.508 e. The van der Waals surface area contributed by atoms with Gasteiger partial charge in [0.1, 0.15) is 5.75 Å². The summed E-state index contributed by atoms with van der Waals surface area (Å²) in [7, 11) is 2.01. The van der Waals surface area contributed by atoms with Gasteiger partial charge in [-0.1, -0.05) is 12.1 Å². The Bertz CT molecular complexity index is 263. The van der Waals surface area contributed by atoms with Crippen LogP contribution < -0.4 is 5.73 Å². The molecule has 0 bridgehead atoms. The topological polar surface area (TPSA) is 49.5 Å². The first kappa shape index (κ1) is 10.0. The number of nitrogens with two attached hydrogens (primary N) is 1. The SMILES string of the molecule is CN(CCN)Cc1cccc(O)c1. The number of nitrogens with zero attached hydrogens (tertiary/aromatic N) is 1. The zero-order valence-electron chi connectivity index (χ0n) is 7.90. The van der Waals surface area contributed by atoms with Gasteiger partial charge in [0.2, 0.25) is 0 Å². The molecule has 1 aromatic carbocycles. The van der Waals surface area contributed by atoms with Crippen molar-refractivity contribution in [3.63, 3.8) is 0 Å². The second-order valence-electron chi connectivity index (χ2n) is 3.20. The molecule has 3 heteroatoms. The highest BCUT2D eigenvalue weighted by Crippen LogP contribution is 2.11. The van der Waals surface area contributed by atoms with Crippen LogP contribution in [0.4, 0.5) is 0 Å². The van der Waals surface area contributed by atoms with Crippen LogP contribution in [0, 0.1) is 0 Å². The molecule has 0 unspecified atom stereocenters. The average molecular weight is 180 g/mol. The van der Waals surface area contributed by atoms with Gasteiger partial charge in [-0.3, -0.25) is 0 Å². The summed E-state index contributed by atoms with van der Waals surface area (Å²) in [5, 5.41) is 9.21. The number of likely N-dealkylation sites (N-methyl/N-ethyl adjacent to an activating group) is 1. The molecule has 3 N–H and O–H groups in total. The van der Waals surface area contributed by atoms with Crippen LogP contribution in [-0.2, 0) is 6.54 Å². The maximum atomic E-state index is 9.21. The first-order valence-corrected chi connectivity index (χ1v) is 4.39. The van der Waals surface area contributed by atoms with Crippen LogP contribution in [-0.4, -0.2) is 30.1 Å². The number of hydrogen-bond donors (Lipinski definition) is 2. The number of hydrogen-bond acceptors (Lipinski definition) is 3. The Kier molecular flexibility index (Phi) is 3.73. The summed E-state index contributed by atoms with van der Waals surface area (Å²) >= 11 is 0. The summed E-state index contributed by atoms with van der Waals surface area (Å²) in [5.41, 5.74) is 6.53. The smallest absolute Gasteiger partial charge is 0.115 e. The van der Waals surface area contributed by atoms with E-state index in [4.69, 9.17) is 5.73 Å². The van der Waals surface area contributed by atoms with Crippen LogP contribution in [0.2, 0.25) is 0 Å². The molecule has 72 valence electrons. The standard InChI is InChI=1S/C10H16N2O/c1-12(6-5-11)8-9-3-2-4-10(13)7-9/h2-4,7,13H,5-6,8,11H2,1H3. The lowest BCUT2D eigenvalue weighted by molar-refractivity contribution is 0.335. The van der Waals surface area contributed by atoms with E-state index in [1.54, 1.807) is 12.1 Å². The molecule has 3 nitrogen and oxygen atoms in total. The van der Waals surface area contributed by atoms with Crippen LogP contribution >= 0.6 is 0 Å². The molecule has 0 atom stereocenters. The van der Waals surface area contributed by atoms with Gasteiger partial charge in [-0.15, -0.1) is 0 Å². The summed E-state index contributed by atoms with van der Waals surface area (Å²) in [6.07, 6.45) is 0. The second kappa shape index (κ2) is 4.84. The lowest BCUT2D eigenvalue weighted by Gasteiger charge is -2.15. The molecule has 0 heterocycles. The highest BCUT2D eigenvalue weighted by atomic mass is 16.3. The van der Waals surface area contributed by atoms with Crippen LogP contribution in [0.3, 0.4) is 0 Å². The number of rotatable bonds is 4. The van der Waals surface area contributed by atoms with Crippen LogP contribution in [0.25, 0.3) is 0 Å². The van der Waals surface area contributed by atoms with E-state index >= 15 is 0 Å². The Labute approximate surface area is 78.8 Å². The van der Waals surface area contributed by atoms with E-state index in [1.807, 2.05) is 19.2 Å². The highest BCUT2D eigenvalue weighted by Gasteiger charge is 1.99. The maximum absolute atomic E-state index is 9.21. The predicted molar refractivity (Wildman–Crippen MR) is 53.5 cm³/mol. The van der Waals surface area contributed by atoms with E-state index < -0.39 is 0 Å². The van der Waals surface area contributed by atoms with Crippen molar-refractivity contribution >= 4 is 0 Å². The Hall–Kier alpha value is -1.06. The van der Waals surface area contributed by atoms with Crippen molar-refractivity contribution in [1.82, 2.24) is 4.90 Å². The van der Waals surface area contributed by atoms with E-state index in [0.717, 1.165) is 18.7 Å². The lowest BCUT2D eigenvalue weighted by Crippen LogP contribution is -2.24. The number of aromatic hydroxyl groups is 1. The number of phenolic OH excluding ortho intramolecular Hbond substituents is 1. The van der Waals surface area contributed by atoms with Crippen LogP contribution in [0.15, 0.2) is 24.3 Å². The van der Waals surface area contributed by atoms with Crippen molar-refractivity contribution in [1.29, 1.82) is 0 Å². The molecular formula is C10H16N2O. The van der Waals surface area contributed by atoms with Gasteiger partial charge < -0.3 is 15.7 Å². The Balaban J connectivity index is 2.53. The Morgan fingerprint density at radius 3 is 2.85 bits per heavy atom. The second-order valence-corrected chi connectivity index (χ2v) is 3.20. The fourth-order valence-electron chi connectivity index (χ4n) is 1.27. The number of phenols is 1. The third kappa shape index (κ3) is 3.44. The van der Waals surface area contributed by atoms with Crippen molar-refractivity contribution in [2.75, 3.05) is 20.1 Å². The maximum Gasteiger partial charge on any atom is 0.115 e. The van der Waals surface area contributed by atoms with Gasteiger partial charge in [-0.05, 0) is 24.7 Å². The van der Waals surface area contributed by atoms with Crippen molar-refractivity contribution in [3.8, 4) is 5.75 Å². The Morgan fingerprint density at radius 2 is 2.23 bits per heavy atom. The zero-order valence-corrected chi connectivity index (χ0v) is 7.90. The van der Waals surface area contributed by atoms with Gasteiger partial charge in [-0.2, -0.15) is 0 Å². The van der Waals surface area contributed by atoms with Crippen molar-refractivity contribution in [3.05, 3.63) is 29.8 Å². The third-order valence-corrected chi connectivity index (χ3v) is 1.87. The van der Waals surface area contributed by atoms with Crippen LogP contribution in [0.1, 0.15) is 5.56 Å². The summed E-state index contributed by atoms with van der Waals surface area (Å²) in [4.78, 5) is 2.12. The molecule has 0 radical (unpaired) electrons. The van der Waals surface area contributed by atoms with E-state index in [-0.39, 0.29) is 0 Å². The molecule has 0 aliphatic heterocycles. The van der Waals surface area contributed by atoms with Gasteiger partial charge in [0.15, 0.2) is 0 Å². The van der Waals surface area contributed by atoms with Gasteiger partial charge in [-0.25, -0.2) is 0 Å². The molecular weight excluding hydrogens is 164 g/mol. The molecule has 13 heavy (non-hydrogen) atoms. The molecule has 0 aromatic heterocycles. The molecule has 0 spiro atoms. The molecule has 0 saturated carbocycles. The summed E-state index contributed by atoms with van der Waals surface area (Å²) in [6.45, 7) is 2.36. The van der Waals surface area contributed by atoms with Gasteiger partial charge >= 0.3 is 0 Å². The van der Waals surface area contributed by atoms with Gasteiger partial charge in [0, 0.05) is 19.6 Å². The molecule has 0 aliphatic carbocycles. The highest BCUT2D eigenvalue weighted by molar-refractivity contribution is 5.26. The van der Waals surface area contributed by atoms with E-state index in [1.165, 1.54) is 0 Å². The fraction of sp³-hybridized carbons (Fsp3) is 0.400. The predicted octanol–water partition coefficient (Wildman–Crippen LogP) is 0.783.